The van der Waals surface area contributed by atoms with Gasteiger partial charge in [0.05, 0.1) is 30.8 Å². The van der Waals surface area contributed by atoms with Gasteiger partial charge in [-0.1, -0.05) is 23.2 Å². The zero-order chi connectivity index (χ0) is 32.4. The van der Waals surface area contributed by atoms with Crippen LogP contribution in [-0.2, 0) is 21.4 Å². The zero-order valence-electron chi connectivity index (χ0n) is 25.5. The number of benzene rings is 1. The number of sulfonamides is 1. The second-order valence-electron chi connectivity index (χ2n) is 12.2. The minimum atomic E-state index is -3.21. The number of anilines is 1. The number of nitrogens with zero attached hydrogens (tertiary/aromatic N) is 6. The van der Waals surface area contributed by atoms with E-state index in [1.807, 2.05) is 24.3 Å². The van der Waals surface area contributed by atoms with Gasteiger partial charge in [-0.15, -0.1) is 0 Å². The number of carboxylic acid groups (broad SMARTS) is 1. The van der Waals surface area contributed by atoms with Crippen molar-refractivity contribution in [3.8, 4) is 22.9 Å². The topological polar surface area (TPSA) is 141 Å². The number of rotatable bonds is 11. The van der Waals surface area contributed by atoms with Crippen molar-refractivity contribution in [2.75, 3.05) is 57.0 Å². The van der Waals surface area contributed by atoms with E-state index in [0.717, 1.165) is 50.1 Å². The predicted molar refractivity (Wildman–Crippen MR) is 176 cm³/mol. The Bertz CT molecular complexity index is 1640. The van der Waals surface area contributed by atoms with Crippen LogP contribution in [-0.4, -0.2) is 102 Å². The van der Waals surface area contributed by atoms with Crippen LogP contribution < -0.4 is 14.4 Å². The quantitative estimate of drug-likeness (QED) is 0.302. The molecule has 2 unspecified atom stereocenters. The van der Waals surface area contributed by atoms with E-state index in [1.54, 1.807) is 18.5 Å². The molecule has 1 aliphatic carbocycles. The summed E-state index contributed by atoms with van der Waals surface area (Å²) in [5.74, 6) is 1.40. The predicted octanol–water partition coefficient (Wildman–Crippen LogP) is 3.99. The van der Waals surface area contributed by atoms with Gasteiger partial charge in [0, 0.05) is 67.0 Å². The van der Waals surface area contributed by atoms with Gasteiger partial charge in [-0.05, 0) is 67.6 Å². The second kappa shape index (κ2) is 14.0. The average molecular weight is 691 g/mol. The first-order valence-corrected chi connectivity index (χ1v) is 18.0. The third-order valence-corrected chi connectivity index (χ3v) is 9.94. The number of hydrogen-bond donors (Lipinski definition) is 2. The molecule has 6 rings (SSSR count). The molecule has 246 valence electrons. The van der Waals surface area contributed by atoms with Crippen molar-refractivity contribution < 1.29 is 23.1 Å². The van der Waals surface area contributed by atoms with Crippen LogP contribution in [0, 0.1) is 11.8 Å². The third kappa shape index (κ3) is 8.64. The van der Waals surface area contributed by atoms with Crippen LogP contribution in [0.3, 0.4) is 0 Å². The number of hydrogen-bond acceptors (Lipinski definition) is 10. The SMILES string of the molecule is CS(=O)(=O)NC1C2CCN(Cc3cc(Oc4cnc(N5CCN(CCC(=O)O)CC5)nc4)nc(-c4cc(Cl)cc(Cl)c4)c3)CCC21. The molecule has 12 nitrogen and oxygen atoms in total. The molecule has 2 saturated heterocycles. The summed E-state index contributed by atoms with van der Waals surface area (Å²) in [6.07, 6.45) is 6.49. The Kier molecular flexibility index (Phi) is 9.97. The number of halogens is 2. The fourth-order valence-corrected chi connectivity index (χ4v) is 7.84. The lowest BCUT2D eigenvalue weighted by atomic mass is 10.1. The number of carboxylic acids is 1. The molecule has 0 radical (unpaired) electrons. The number of pyridine rings is 1. The van der Waals surface area contributed by atoms with Crippen molar-refractivity contribution in [2.24, 2.45) is 11.8 Å². The van der Waals surface area contributed by atoms with Gasteiger partial charge in [0.15, 0.2) is 5.75 Å². The lowest BCUT2D eigenvalue weighted by molar-refractivity contribution is -0.137. The molecular weight excluding hydrogens is 653 g/mol. The van der Waals surface area contributed by atoms with Crippen LogP contribution in [0.15, 0.2) is 42.7 Å². The van der Waals surface area contributed by atoms with Gasteiger partial charge >= 0.3 is 5.97 Å². The van der Waals surface area contributed by atoms with Crippen molar-refractivity contribution in [2.45, 2.75) is 31.8 Å². The van der Waals surface area contributed by atoms with Crippen LogP contribution in [0.4, 0.5) is 5.95 Å². The molecule has 4 heterocycles. The van der Waals surface area contributed by atoms with Crippen molar-refractivity contribution in [1.82, 2.24) is 29.5 Å². The highest BCUT2D eigenvalue weighted by atomic mass is 35.5. The van der Waals surface area contributed by atoms with Crippen molar-refractivity contribution in [3.05, 3.63) is 58.3 Å². The van der Waals surface area contributed by atoms with E-state index in [1.165, 1.54) is 6.26 Å². The highest BCUT2D eigenvalue weighted by Gasteiger charge is 2.51. The number of ether oxygens (including phenoxy) is 1. The number of piperazine rings is 1. The molecule has 3 fully saturated rings. The highest BCUT2D eigenvalue weighted by Crippen LogP contribution is 2.46. The zero-order valence-corrected chi connectivity index (χ0v) is 27.8. The number of aromatic nitrogens is 3. The molecule has 2 N–H and O–H groups in total. The fraction of sp³-hybridized carbons (Fsp3) is 0.484. The number of carbonyl (C=O) groups is 1. The fourth-order valence-electron chi connectivity index (χ4n) is 6.47. The largest absolute Gasteiger partial charge is 0.481 e. The Balaban J connectivity index is 1.14. The van der Waals surface area contributed by atoms with E-state index < -0.39 is 16.0 Å². The number of fused-ring (bicyclic) bond motifs is 1. The molecule has 2 aliphatic heterocycles. The lowest BCUT2D eigenvalue weighted by Crippen LogP contribution is -2.47. The molecule has 0 bridgehead atoms. The van der Waals surface area contributed by atoms with Gasteiger partial charge in [-0.2, -0.15) is 0 Å². The standard InChI is InChI=1S/C31H37Cl2N7O5S/c1-46(43,44)37-30-25-2-5-39(6-3-26(25)30)19-20-12-27(21-14-22(32)16-23(33)15-21)36-28(13-20)45-24-17-34-31(35-18-24)40-10-8-38(9-11-40)7-4-29(41)42/h12-18,25-26,30,37H,2-11,19H2,1H3,(H,41,42). The van der Waals surface area contributed by atoms with E-state index in [-0.39, 0.29) is 12.5 Å². The van der Waals surface area contributed by atoms with E-state index >= 15 is 0 Å². The molecule has 3 aliphatic rings. The van der Waals surface area contributed by atoms with Crippen LogP contribution >= 0.6 is 23.2 Å². The molecule has 3 aromatic rings. The minimum absolute atomic E-state index is 0.0549. The van der Waals surface area contributed by atoms with E-state index in [0.29, 0.717) is 71.3 Å². The molecule has 1 saturated carbocycles. The first kappa shape index (κ1) is 32.9. The Labute approximate surface area is 278 Å². The molecule has 46 heavy (non-hydrogen) atoms. The van der Waals surface area contributed by atoms with Crippen LogP contribution in [0.1, 0.15) is 24.8 Å². The summed E-state index contributed by atoms with van der Waals surface area (Å²) in [5.41, 5.74) is 2.45. The summed E-state index contributed by atoms with van der Waals surface area (Å²) in [5, 5.41) is 9.96. The number of likely N-dealkylation sites (tertiary alicyclic amines) is 1. The van der Waals surface area contributed by atoms with E-state index in [4.69, 9.17) is 38.0 Å². The van der Waals surface area contributed by atoms with Gasteiger partial charge in [0.25, 0.3) is 0 Å². The molecular formula is C31H37Cl2N7O5S. The van der Waals surface area contributed by atoms with Crippen molar-refractivity contribution in [3.63, 3.8) is 0 Å². The van der Waals surface area contributed by atoms with E-state index in [2.05, 4.69) is 29.4 Å². The molecule has 0 amide bonds. The van der Waals surface area contributed by atoms with Gasteiger partial charge in [0.1, 0.15) is 0 Å². The van der Waals surface area contributed by atoms with Gasteiger partial charge in [0.2, 0.25) is 21.9 Å². The van der Waals surface area contributed by atoms with Crippen LogP contribution in [0.25, 0.3) is 11.3 Å². The number of aliphatic carboxylic acids is 1. The normalized spacial score (nSPS) is 22.2. The maximum absolute atomic E-state index is 11.7. The summed E-state index contributed by atoms with van der Waals surface area (Å²) in [4.78, 5) is 31.3. The van der Waals surface area contributed by atoms with Gasteiger partial charge in [-0.3, -0.25) is 14.6 Å². The molecule has 15 heteroatoms. The Morgan fingerprint density at radius 1 is 0.957 bits per heavy atom. The smallest absolute Gasteiger partial charge is 0.304 e. The first-order valence-electron chi connectivity index (χ1n) is 15.4. The van der Waals surface area contributed by atoms with Gasteiger partial charge in [-0.25, -0.2) is 28.1 Å². The number of nitrogens with one attached hydrogen (secondary N) is 1. The summed E-state index contributed by atoms with van der Waals surface area (Å²) >= 11 is 12.7. The Hall–Kier alpha value is -3.07. The Morgan fingerprint density at radius 3 is 2.22 bits per heavy atom. The monoisotopic (exact) mass is 689 g/mol. The summed E-state index contributed by atoms with van der Waals surface area (Å²) in [6, 6.07) is 9.30. The molecule has 0 spiro atoms. The van der Waals surface area contributed by atoms with Crippen molar-refractivity contribution in [1.29, 1.82) is 0 Å². The second-order valence-corrected chi connectivity index (χ2v) is 14.9. The van der Waals surface area contributed by atoms with E-state index in [9.17, 15) is 13.2 Å². The third-order valence-electron chi connectivity index (χ3n) is 8.80. The summed E-state index contributed by atoms with van der Waals surface area (Å²) < 4.78 is 32.4. The maximum atomic E-state index is 11.7. The highest BCUT2D eigenvalue weighted by molar-refractivity contribution is 7.88. The lowest BCUT2D eigenvalue weighted by Gasteiger charge is -2.34. The summed E-state index contributed by atoms with van der Waals surface area (Å²) in [7, 11) is -3.21. The molecule has 1 aromatic carbocycles. The molecule has 2 atom stereocenters. The van der Waals surface area contributed by atoms with Gasteiger partial charge < -0.3 is 14.7 Å². The van der Waals surface area contributed by atoms with Crippen molar-refractivity contribution >= 4 is 45.1 Å². The Morgan fingerprint density at radius 2 is 1.61 bits per heavy atom. The van der Waals surface area contributed by atoms with Crippen LogP contribution in [0.5, 0.6) is 11.6 Å². The minimum Gasteiger partial charge on any atom is -0.481 e. The average Bonchev–Trinajstić information content (AvgIpc) is 3.70. The summed E-state index contributed by atoms with van der Waals surface area (Å²) in [6.45, 7) is 5.86. The molecule has 2 aromatic heterocycles. The maximum Gasteiger partial charge on any atom is 0.304 e. The van der Waals surface area contributed by atoms with Crippen LogP contribution in [0.2, 0.25) is 10.0 Å². The first-order chi connectivity index (χ1) is 22.0.